The number of nitrogens with zero attached hydrogens (tertiary/aromatic N) is 3. The molecule has 4 aliphatic rings. The molecule has 0 radical (unpaired) electrons. The number of hydrogen-bond acceptors (Lipinski definition) is 7. The molecule has 13 heteroatoms. The number of anilines is 2. The minimum absolute atomic E-state index is 0.0552. The monoisotopic (exact) mass is 777 g/mol. The molecule has 2 amide bonds. The molecule has 4 heterocycles. The second-order valence-electron chi connectivity index (χ2n) is 15.2. The van der Waals surface area contributed by atoms with Crippen LogP contribution in [0.15, 0.2) is 82.0 Å². The number of imide groups is 1. The van der Waals surface area contributed by atoms with Crippen LogP contribution in [0, 0.1) is 11.8 Å². The van der Waals surface area contributed by atoms with E-state index in [-0.39, 0.29) is 35.7 Å². The van der Waals surface area contributed by atoms with Crippen LogP contribution in [0.5, 0.6) is 0 Å². The van der Waals surface area contributed by atoms with Gasteiger partial charge in [-0.2, -0.15) is 13.2 Å². The summed E-state index contributed by atoms with van der Waals surface area (Å²) in [5.74, 6) is 0.816. The summed E-state index contributed by atoms with van der Waals surface area (Å²) in [6.45, 7) is 3.64. The zero-order valence-corrected chi connectivity index (χ0v) is 31.9. The molecule has 2 aromatic carbocycles. The highest BCUT2D eigenvalue weighted by molar-refractivity contribution is 6.32. The predicted octanol–water partition coefficient (Wildman–Crippen LogP) is 7.60. The first-order chi connectivity index (χ1) is 26.4. The normalized spacial score (nSPS) is 22.2. The van der Waals surface area contributed by atoms with Gasteiger partial charge in [-0.1, -0.05) is 29.8 Å². The molecular formula is C42H47ClF3N5O4. The Morgan fingerprint density at radius 2 is 1.65 bits per heavy atom. The molecule has 1 aliphatic carbocycles. The van der Waals surface area contributed by atoms with Gasteiger partial charge in [-0.3, -0.25) is 24.6 Å². The average Bonchev–Trinajstić information content (AvgIpc) is 3.50. The molecule has 1 aromatic heterocycles. The highest BCUT2D eigenvalue weighted by Crippen LogP contribution is 2.42. The average molecular weight is 778 g/mol. The second kappa shape index (κ2) is 16.3. The van der Waals surface area contributed by atoms with Crippen LogP contribution in [-0.2, 0) is 27.5 Å². The third-order valence-electron chi connectivity index (χ3n) is 11.7. The number of piperidine rings is 2. The molecule has 7 rings (SSSR count). The van der Waals surface area contributed by atoms with Crippen LogP contribution in [0.25, 0.3) is 16.3 Å². The van der Waals surface area contributed by atoms with Gasteiger partial charge in [0.1, 0.15) is 11.8 Å². The first kappa shape index (κ1) is 38.7. The van der Waals surface area contributed by atoms with Crippen molar-refractivity contribution in [3.63, 3.8) is 0 Å². The van der Waals surface area contributed by atoms with Crippen LogP contribution in [0.3, 0.4) is 0 Å². The highest BCUT2D eigenvalue weighted by Gasteiger charge is 2.37. The molecule has 2 unspecified atom stereocenters. The summed E-state index contributed by atoms with van der Waals surface area (Å²) in [5, 5.41) is 7.30. The number of nitrogens with one attached hydrogen (secondary N) is 2. The standard InChI is InChI=1S/C42H47ClF3N5O4/c1-49-25-34(32-7-3-4-8-33(32)41(49)54)28-20-31(55-2)21-29(36(43)22-28)24-50-16-5-6-26(13-17-50)27-14-18-51(19-15-27)38-11-9-30(23-35(38)42(44,45)46)47-37-10-12-39(52)48-40(37)53/h3-4,7-9,11,20,22-23,25-27,37,47H,5-6,10,12-19,21,24H2,1-2H3,(H,48,52,53). The van der Waals surface area contributed by atoms with E-state index in [1.165, 1.54) is 6.07 Å². The van der Waals surface area contributed by atoms with Gasteiger partial charge in [0.05, 0.1) is 12.7 Å². The molecule has 2 N–H and O–H groups in total. The second-order valence-corrected chi connectivity index (χ2v) is 15.6. The van der Waals surface area contributed by atoms with Crippen molar-refractivity contribution in [1.29, 1.82) is 0 Å². The summed E-state index contributed by atoms with van der Waals surface area (Å²) >= 11 is 7.07. The number of carbonyl (C=O) groups excluding carboxylic acids is 2. The number of amides is 2. The number of rotatable bonds is 8. The Kier molecular flexibility index (Phi) is 11.5. The maximum Gasteiger partial charge on any atom is 0.418 e. The number of ether oxygens (including phenoxy) is 1. The minimum Gasteiger partial charge on any atom is -0.501 e. The zero-order chi connectivity index (χ0) is 38.9. The maximum atomic E-state index is 14.4. The number of aromatic nitrogens is 1. The van der Waals surface area contributed by atoms with E-state index in [2.05, 4.69) is 15.5 Å². The number of methoxy groups -OCH3 is 1. The summed E-state index contributed by atoms with van der Waals surface area (Å²) in [4.78, 5) is 40.8. The van der Waals surface area contributed by atoms with E-state index in [4.69, 9.17) is 16.3 Å². The smallest absolute Gasteiger partial charge is 0.418 e. The summed E-state index contributed by atoms with van der Waals surface area (Å²) in [6, 6.07) is 11.0. The quantitative estimate of drug-likeness (QED) is 0.228. The number of alkyl halides is 3. The summed E-state index contributed by atoms with van der Waals surface area (Å²) in [6.07, 6.45) is 7.00. The van der Waals surface area contributed by atoms with Crippen molar-refractivity contribution in [2.45, 2.75) is 63.6 Å². The number of fused-ring (bicyclic) bond motifs is 1. The molecule has 55 heavy (non-hydrogen) atoms. The Hall–Kier alpha value is -4.55. The first-order valence-corrected chi connectivity index (χ1v) is 19.5. The molecule has 0 saturated carbocycles. The topological polar surface area (TPSA) is 95.9 Å². The molecular weight excluding hydrogens is 731 g/mol. The largest absolute Gasteiger partial charge is 0.501 e. The Bertz CT molecular complexity index is 2120. The SMILES string of the molecule is COC1=CC(c2cn(C)c(=O)c3ccccc23)=CC(Cl)=C(CN2CCCC(C3CCN(c4ccc(NC5CCC(=O)NC5=O)cc4C(F)(F)F)CC3)CC2)C1. The van der Waals surface area contributed by atoms with Crippen molar-refractivity contribution < 1.29 is 27.5 Å². The van der Waals surface area contributed by atoms with Gasteiger partial charge in [0.25, 0.3) is 5.56 Å². The van der Waals surface area contributed by atoms with Crippen LogP contribution >= 0.6 is 11.6 Å². The lowest BCUT2D eigenvalue weighted by molar-refractivity contribution is -0.137. The molecule has 3 saturated heterocycles. The van der Waals surface area contributed by atoms with Crippen molar-refractivity contribution in [3.8, 4) is 0 Å². The van der Waals surface area contributed by atoms with Gasteiger partial charge in [-0.05, 0) is 116 Å². The Labute approximate surface area is 323 Å². The minimum atomic E-state index is -4.57. The van der Waals surface area contributed by atoms with E-state index in [0.717, 1.165) is 79.1 Å². The van der Waals surface area contributed by atoms with E-state index in [1.807, 2.05) is 47.5 Å². The van der Waals surface area contributed by atoms with Gasteiger partial charge in [0.2, 0.25) is 11.8 Å². The fraction of sp³-hybridized carbons (Fsp3) is 0.452. The van der Waals surface area contributed by atoms with Crippen LogP contribution in [0.2, 0.25) is 0 Å². The van der Waals surface area contributed by atoms with Gasteiger partial charge in [-0.15, -0.1) is 0 Å². The summed E-state index contributed by atoms with van der Waals surface area (Å²) < 4.78 is 50.5. The third-order valence-corrected chi connectivity index (χ3v) is 12.1. The molecule has 3 aliphatic heterocycles. The number of pyridine rings is 1. The Balaban J connectivity index is 0.991. The van der Waals surface area contributed by atoms with Crippen molar-refractivity contribution in [2.24, 2.45) is 18.9 Å². The van der Waals surface area contributed by atoms with E-state index in [1.54, 1.807) is 24.8 Å². The predicted molar refractivity (Wildman–Crippen MR) is 210 cm³/mol. The van der Waals surface area contributed by atoms with E-state index in [9.17, 15) is 27.6 Å². The fourth-order valence-corrected chi connectivity index (χ4v) is 8.96. The lowest BCUT2D eigenvalue weighted by Gasteiger charge is -2.38. The maximum absolute atomic E-state index is 14.4. The number of benzene rings is 2. The molecule has 0 spiro atoms. The van der Waals surface area contributed by atoms with Gasteiger partial charge in [0, 0.05) is 73.1 Å². The highest BCUT2D eigenvalue weighted by atomic mass is 35.5. The van der Waals surface area contributed by atoms with E-state index in [0.29, 0.717) is 48.3 Å². The van der Waals surface area contributed by atoms with Crippen LogP contribution < -0.4 is 21.1 Å². The molecule has 2 atom stereocenters. The van der Waals surface area contributed by atoms with Crippen molar-refractivity contribution >= 4 is 51.1 Å². The zero-order valence-electron chi connectivity index (χ0n) is 31.2. The van der Waals surface area contributed by atoms with Crippen LogP contribution in [0.1, 0.15) is 62.5 Å². The van der Waals surface area contributed by atoms with Gasteiger partial charge < -0.3 is 19.5 Å². The molecule has 3 aromatic rings. The lowest BCUT2D eigenvalue weighted by atomic mass is 9.80. The number of aryl methyl sites for hydroxylation is 1. The number of carbonyl (C=O) groups is 2. The third kappa shape index (κ3) is 8.65. The lowest BCUT2D eigenvalue weighted by Crippen LogP contribution is -2.47. The van der Waals surface area contributed by atoms with Crippen LogP contribution in [0.4, 0.5) is 24.5 Å². The molecule has 0 bridgehead atoms. The van der Waals surface area contributed by atoms with Gasteiger partial charge >= 0.3 is 6.18 Å². The van der Waals surface area contributed by atoms with Crippen LogP contribution in [-0.4, -0.2) is 67.2 Å². The summed E-state index contributed by atoms with van der Waals surface area (Å²) in [5.41, 5.74) is 2.44. The molecule has 9 nitrogen and oxygen atoms in total. The fourth-order valence-electron chi connectivity index (χ4n) is 8.72. The molecule has 292 valence electrons. The van der Waals surface area contributed by atoms with E-state index < -0.39 is 23.7 Å². The number of halogens is 4. The van der Waals surface area contributed by atoms with Gasteiger partial charge in [-0.25, -0.2) is 0 Å². The number of allylic oxidation sites excluding steroid dienone is 5. The Morgan fingerprint density at radius 1 is 0.927 bits per heavy atom. The van der Waals surface area contributed by atoms with Gasteiger partial charge in [0.15, 0.2) is 0 Å². The van der Waals surface area contributed by atoms with Crippen molar-refractivity contribution in [3.05, 3.63) is 98.7 Å². The number of hydrogen-bond donors (Lipinski definition) is 2. The van der Waals surface area contributed by atoms with E-state index >= 15 is 0 Å². The first-order valence-electron chi connectivity index (χ1n) is 19.1. The van der Waals surface area contributed by atoms with Crippen molar-refractivity contribution in [1.82, 2.24) is 14.8 Å². The number of likely N-dealkylation sites (tertiary alicyclic amines) is 1. The molecule has 3 fully saturated rings. The Morgan fingerprint density at radius 3 is 2.38 bits per heavy atom. The van der Waals surface area contributed by atoms with Crippen molar-refractivity contribution in [2.75, 3.05) is 50.1 Å². The summed E-state index contributed by atoms with van der Waals surface area (Å²) in [7, 11) is 3.42.